The van der Waals surface area contributed by atoms with Gasteiger partial charge in [-0.05, 0) is 69.0 Å². The summed E-state index contributed by atoms with van der Waals surface area (Å²) in [6, 6.07) is 4.89. The molecular formula is C30H32Br2Cl2F2LiN3O3S2. The molecule has 0 saturated heterocycles. The van der Waals surface area contributed by atoms with Gasteiger partial charge < -0.3 is 6.92 Å². The van der Waals surface area contributed by atoms with E-state index >= 15 is 0 Å². The topological polar surface area (TPSA) is 72.4 Å². The summed E-state index contributed by atoms with van der Waals surface area (Å²) in [4.78, 5) is 36.8. The van der Waals surface area contributed by atoms with E-state index in [4.69, 9.17) is 28.0 Å². The van der Waals surface area contributed by atoms with Gasteiger partial charge in [0.25, 0.3) is 5.91 Å². The van der Waals surface area contributed by atoms with E-state index in [9.17, 15) is 18.4 Å². The fraction of sp³-hybridized carbons (Fsp3) is 0.300. The average molecular weight is 822 g/mol. The third-order valence-electron chi connectivity index (χ3n) is 5.36. The number of hydrogen-bond donors (Lipinski definition) is 0. The number of unbranched alkanes of at least 4 members (excludes halogenated alkanes) is 1. The Labute approximate surface area is 310 Å². The Bertz CT molecular complexity index is 1500. The van der Waals surface area contributed by atoms with Crippen LogP contribution in [0.5, 0.6) is 0 Å². The maximum atomic E-state index is 13.2. The Morgan fingerprint density at radius 2 is 1.47 bits per heavy atom. The quantitative estimate of drug-likeness (QED) is 0.0629. The first kappa shape index (κ1) is 43.8. The summed E-state index contributed by atoms with van der Waals surface area (Å²) in [5, 5.41) is 5.41. The third kappa shape index (κ3) is 14.6. The number of hydroxylamine groups is 2. The fourth-order valence-corrected chi connectivity index (χ4v) is 5.39. The Kier molecular flexibility index (Phi) is 22.6. The molecule has 45 heavy (non-hydrogen) atoms. The van der Waals surface area contributed by atoms with Crippen molar-refractivity contribution < 1.29 is 42.1 Å². The van der Waals surface area contributed by atoms with Gasteiger partial charge in [-0.1, -0.05) is 50.4 Å². The van der Waals surface area contributed by atoms with Crippen LogP contribution in [0.2, 0.25) is 10.0 Å². The molecule has 2 heterocycles. The first-order chi connectivity index (χ1) is 20.8. The summed E-state index contributed by atoms with van der Waals surface area (Å²) in [5.41, 5.74) is 4.35. The molecule has 0 spiro atoms. The molecule has 0 aliphatic heterocycles. The van der Waals surface area contributed by atoms with E-state index in [0.29, 0.717) is 5.01 Å². The predicted octanol–water partition coefficient (Wildman–Crippen LogP) is 7.70. The zero-order chi connectivity index (χ0) is 33.4. The predicted molar refractivity (Wildman–Crippen MR) is 184 cm³/mol. The van der Waals surface area contributed by atoms with E-state index in [2.05, 4.69) is 68.0 Å². The summed E-state index contributed by atoms with van der Waals surface area (Å²) in [6.07, 6.45) is 4.11. The van der Waals surface area contributed by atoms with Crippen LogP contribution < -0.4 is 18.9 Å². The smallest absolute Gasteiger partial charge is 0.343 e. The summed E-state index contributed by atoms with van der Waals surface area (Å²) in [6.45, 7) is 9.79. The molecule has 4 rings (SSSR count). The zero-order valence-electron chi connectivity index (χ0n) is 25.7. The van der Waals surface area contributed by atoms with Crippen molar-refractivity contribution in [1.82, 2.24) is 15.0 Å². The van der Waals surface area contributed by atoms with Crippen molar-refractivity contribution in [2.75, 3.05) is 14.2 Å². The average Bonchev–Trinajstić information content (AvgIpc) is 3.73. The first-order valence-corrected chi connectivity index (χ1v) is 17.3. The first-order valence-electron chi connectivity index (χ1n) is 13.1. The van der Waals surface area contributed by atoms with Crippen LogP contribution >= 0.6 is 77.7 Å². The van der Waals surface area contributed by atoms with Gasteiger partial charge >= 0.3 is 18.9 Å². The Balaban J connectivity index is 0.000000643. The number of thiazole rings is 2. The number of rotatable bonds is 7. The minimum atomic E-state index is -0.517. The molecule has 0 radical (unpaired) electrons. The monoisotopic (exact) mass is 819 g/mol. The number of halogens is 6. The molecule has 0 N–H and O–H groups in total. The van der Waals surface area contributed by atoms with Crippen LogP contribution in [0.4, 0.5) is 8.78 Å². The Morgan fingerprint density at radius 1 is 0.956 bits per heavy atom. The molecule has 2 aromatic carbocycles. The van der Waals surface area contributed by atoms with E-state index in [-0.39, 0.29) is 54.8 Å². The molecule has 0 atom stereocenters. The molecule has 0 aliphatic rings. The molecule has 6 nitrogen and oxygen atoms in total. The number of aromatic nitrogens is 2. The van der Waals surface area contributed by atoms with Gasteiger partial charge in [-0.3, -0.25) is 14.4 Å². The van der Waals surface area contributed by atoms with Crippen molar-refractivity contribution in [1.29, 1.82) is 0 Å². The third-order valence-corrected chi connectivity index (χ3v) is 8.73. The maximum Gasteiger partial charge on any atom is 1.00 e. The van der Waals surface area contributed by atoms with Crippen molar-refractivity contribution in [2.45, 2.75) is 46.5 Å². The standard InChI is InChI=1S/C12H8BrClFNOS.C9H8BrClFNO2.C5H7NS.C4H9.Li/c1-2-6-5-18-12(16-6)11(17)7-3-8(13)10(15)4-9(7)14;1-13(15-2)9(14)5-3-6(10)8(12)4-7(5)11;1-2-5-3-7-4-6-5;1-3-4-2;/h3-5H,2H2,1H3;3-4H,1-2H3;3-4H,2H2,1H3;1,3-4H2,2H3;/q;;;-1;+1. The molecule has 0 unspecified atom stereocenters. The number of amides is 1. The van der Waals surface area contributed by atoms with Crippen LogP contribution in [0.3, 0.4) is 0 Å². The number of ketones is 1. The molecule has 1 amide bonds. The van der Waals surface area contributed by atoms with Gasteiger partial charge in [-0.15, -0.1) is 22.7 Å². The van der Waals surface area contributed by atoms with Crippen molar-refractivity contribution >= 4 is 89.4 Å². The van der Waals surface area contributed by atoms with Crippen molar-refractivity contribution in [3.63, 3.8) is 0 Å². The van der Waals surface area contributed by atoms with Gasteiger partial charge in [0, 0.05) is 23.4 Å². The molecule has 0 bridgehead atoms. The van der Waals surface area contributed by atoms with Crippen LogP contribution in [0.25, 0.3) is 0 Å². The van der Waals surface area contributed by atoms with E-state index in [1.807, 2.05) is 17.8 Å². The minimum absolute atomic E-state index is 0. The van der Waals surface area contributed by atoms with Crippen LogP contribution in [0.15, 0.2) is 49.5 Å². The Hall–Kier alpha value is -1.20. The summed E-state index contributed by atoms with van der Waals surface area (Å²) in [7, 11) is 2.79. The van der Waals surface area contributed by atoms with E-state index in [1.165, 1.54) is 49.7 Å². The fourth-order valence-electron chi connectivity index (χ4n) is 2.74. The van der Waals surface area contributed by atoms with E-state index in [0.717, 1.165) is 42.2 Å². The van der Waals surface area contributed by atoms with Crippen LogP contribution in [-0.2, 0) is 17.7 Å². The summed E-state index contributed by atoms with van der Waals surface area (Å²) < 4.78 is 26.6. The van der Waals surface area contributed by atoms with Gasteiger partial charge in [0.1, 0.15) is 11.6 Å². The zero-order valence-corrected chi connectivity index (χ0v) is 32.0. The molecular weight excluding hydrogens is 790 g/mol. The second-order valence-corrected chi connectivity index (χ2v) is 12.6. The second kappa shape index (κ2) is 23.2. The number of carbonyl (C=O) groups is 2. The largest absolute Gasteiger partial charge is 1.00 e. The maximum absolute atomic E-state index is 13.2. The molecule has 15 heteroatoms. The van der Waals surface area contributed by atoms with Gasteiger partial charge in [-0.2, -0.15) is 6.42 Å². The van der Waals surface area contributed by atoms with Gasteiger partial charge in [-0.25, -0.2) is 23.8 Å². The van der Waals surface area contributed by atoms with Crippen LogP contribution in [-0.4, -0.2) is 40.9 Å². The van der Waals surface area contributed by atoms with Crippen molar-refractivity contribution in [3.8, 4) is 0 Å². The molecule has 0 fully saturated rings. The summed E-state index contributed by atoms with van der Waals surface area (Å²) in [5.74, 6) is -1.74. The summed E-state index contributed by atoms with van der Waals surface area (Å²) >= 11 is 20.5. The minimum Gasteiger partial charge on any atom is -0.343 e. The second-order valence-electron chi connectivity index (χ2n) is 8.49. The number of carbonyl (C=O) groups excluding carboxylic acids is 2. The van der Waals surface area contributed by atoms with Gasteiger partial charge in [0.15, 0.2) is 5.01 Å². The Morgan fingerprint density at radius 3 is 1.87 bits per heavy atom. The molecule has 4 aromatic rings. The number of benzene rings is 2. The molecule has 240 valence electrons. The van der Waals surface area contributed by atoms with E-state index < -0.39 is 17.5 Å². The van der Waals surface area contributed by atoms with Gasteiger partial charge in [0.05, 0.1) is 48.6 Å². The normalized spacial score (nSPS) is 9.78. The SMILES string of the molecule is CCc1csc(C(=O)c2cc(Br)c(F)cc2Cl)n1.CCc1cscn1.CON(C)C(=O)c1cc(Br)c(F)cc1Cl.[CH2-]CCC.[Li+]. The number of hydrogen-bond acceptors (Lipinski definition) is 7. The number of nitrogens with zero attached hydrogens (tertiary/aromatic N) is 3. The molecule has 2 aromatic heterocycles. The molecule has 0 aliphatic carbocycles. The van der Waals surface area contributed by atoms with E-state index in [1.54, 1.807) is 11.3 Å². The van der Waals surface area contributed by atoms with Crippen molar-refractivity contribution in [3.05, 3.63) is 106 Å². The number of aryl methyl sites for hydroxylation is 2. The van der Waals surface area contributed by atoms with Crippen LogP contribution in [0.1, 0.15) is 70.7 Å². The molecule has 0 saturated carbocycles. The van der Waals surface area contributed by atoms with Gasteiger partial charge in [0.2, 0.25) is 5.78 Å². The van der Waals surface area contributed by atoms with Crippen molar-refractivity contribution in [2.24, 2.45) is 0 Å². The van der Waals surface area contributed by atoms with Crippen LogP contribution in [0, 0.1) is 18.6 Å².